The predicted molar refractivity (Wildman–Crippen MR) is 84.2 cm³/mol. The van der Waals surface area contributed by atoms with Crippen LogP contribution in [0.15, 0.2) is 24.3 Å². The van der Waals surface area contributed by atoms with Crippen molar-refractivity contribution in [1.82, 2.24) is 10.3 Å². The third-order valence-corrected chi connectivity index (χ3v) is 4.94. The fourth-order valence-electron chi connectivity index (χ4n) is 2.68. The molecular weight excluding hydrogens is 286 g/mol. The number of fused-ring (bicyclic) bond motifs is 1. The third-order valence-electron chi connectivity index (χ3n) is 3.73. The van der Waals surface area contributed by atoms with E-state index >= 15 is 0 Å². The maximum atomic E-state index is 12.0. The average Bonchev–Trinajstić information content (AvgIpc) is 2.69. The minimum Gasteiger partial charge on any atom is -0.380 e. The van der Waals surface area contributed by atoms with E-state index < -0.39 is 0 Å². The van der Waals surface area contributed by atoms with Crippen LogP contribution in [-0.2, 0) is 11.3 Å². The molecule has 0 saturated carbocycles. The Hall–Kier alpha value is -1.47. The van der Waals surface area contributed by atoms with Gasteiger partial charge >= 0.3 is 0 Å². The van der Waals surface area contributed by atoms with Crippen molar-refractivity contribution in [2.75, 3.05) is 26.3 Å². The molecule has 112 valence electrons. The number of benzene rings is 1. The van der Waals surface area contributed by atoms with Crippen LogP contribution >= 0.6 is 11.3 Å². The standard InChI is InChI=1S/C15H19N3O2S/c16-17-15(19)14-12(10-18-6-3-8-20-9-7-18)11-4-1-2-5-13(11)21-14/h1-2,4-5H,3,6-10,16H2,(H,17,19). The van der Waals surface area contributed by atoms with E-state index in [4.69, 9.17) is 10.6 Å². The molecule has 0 spiro atoms. The second-order valence-electron chi connectivity index (χ2n) is 5.12. The van der Waals surface area contributed by atoms with Crippen molar-refractivity contribution in [3.05, 3.63) is 34.7 Å². The molecule has 1 aromatic carbocycles. The summed E-state index contributed by atoms with van der Waals surface area (Å²) in [6.45, 7) is 4.22. The molecule has 5 nitrogen and oxygen atoms in total. The maximum Gasteiger partial charge on any atom is 0.275 e. The van der Waals surface area contributed by atoms with Gasteiger partial charge in [-0.15, -0.1) is 11.3 Å². The van der Waals surface area contributed by atoms with Gasteiger partial charge in [-0.25, -0.2) is 5.84 Å². The molecule has 0 aliphatic carbocycles. The molecule has 3 N–H and O–H groups in total. The number of nitrogen functional groups attached to an aromatic ring is 1. The summed E-state index contributed by atoms with van der Waals surface area (Å²) in [7, 11) is 0. The molecule has 0 atom stereocenters. The predicted octanol–water partition coefficient (Wildman–Crippen LogP) is 1.73. The minimum atomic E-state index is -0.211. The molecule has 3 rings (SSSR count). The van der Waals surface area contributed by atoms with E-state index in [0.717, 1.165) is 54.9 Å². The first-order valence-electron chi connectivity index (χ1n) is 7.11. The number of hydrazine groups is 1. The molecule has 21 heavy (non-hydrogen) atoms. The molecule has 1 saturated heterocycles. The summed E-state index contributed by atoms with van der Waals surface area (Å²) in [4.78, 5) is 15.1. The summed E-state index contributed by atoms with van der Waals surface area (Å²) < 4.78 is 6.61. The van der Waals surface area contributed by atoms with Crippen LogP contribution in [0.1, 0.15) is 21.7 Å². The van der Waals surface area contributed by atoms with Gasteiger partial charge < -0.3 is 4.74 Å². The Morgan fingerprint density at radius 1 is 1.33 bits per heavy atom. The van der Waals surface area contributed by atoms with Gasteiger partial charge in [-0.3, -0.25) is 15.1 Å². The molecule has 0 bridgehead atoms. The zero-order chi connectivity index (χ0) is 14.7. The van der Waals surface area contributed by atoms with Crippen molar-refractivity contribution in [2.45, 2.75) is 13.0 Å². The maximum absolute atomic E-state index is 12.0. The number of hydrogen-bond donors (Lipinski definition) is 2. The molecule has 1 aromatic heterocycles. The van der Waals surface area contributed by atoms with Crippen LogP contribution < -0.4 is 11.3 Å². The minimum absolute atomic E-state index is 0.211. The van der Waals surface area contributed by atoms with Gasteiger partial charge in [-0.1, -0.05) is 18.2 Å². The molecule has 6 heteroatoms. The van der Waals surface area contributed by atoms with Gasteiger partial charge in [-0.05, 0) is 23.4 Å². The van der Waals surface area contributed by atoms with Crippen molar-refractivity contribution in [3.8, 4) is 0 Å². The van der Waals surface area contributed by atoms with Crippen molar-refractivity contribution in [2.24, 2.45) is 5.84 Å². The fourth-order valence-corrected chi connectivity index (χ4v) is 3.80. The summed E-state index contributed by atoms with van der Waals surface area (Å²) >= 11 is 1.50. The molecule has 1 aliphatic heterocycles. The Bertz CT molecular complexity index is 633. The Kier molecular flexibility index (Phi) is 4.50. The van der Waals surface area contributed by atoms with Crippen LogP contribution in [0.25, 0.3) is 10.1 Å². The number of thiophene rings is 1. The number of rotatable bonds is 3. The largest absolute Gasteiger partial charge is 0.380 e. The highest BCUT2D eigenvalue weighted by Gasteiger charge is 2.20. The molecule has 2 aromatic rings. The smallest absolute Gasteiger partial charge is 0.275 e. The van der Waals surface area contributed by atoms with E-state index in [1.54, 1.807) is 0 Å². The Morgan fingerprint density at radius 3 is 3.05 bits per heavy atom. The van der Waals surface area contributed by atoms with Crippen LogP contribution in [0.5, 0.6) is 0 Å². The van der Waals surface area contributed by atoms with Crippen molar-refractivity contribution >= 4 is 27.3 Å². The summed E-state index contributed by atoms with van der Waals surface area (Å²) in [6, 6.07) is 8.12. The van der Waals surface area contributed by atoms with Gasteiger partial charge in [0.15, 0.2) is 0 Å². The first-order valence-corrected chi connectivity index (χ1v) is 7.92. The number of nitrogens with one attached hydrogen (secondary N) is 1. The van der Waals surface area contributed by atoms with Gasteiger partial charge in [-0.2, -0.15) is 0 Å². The second kappa shape index (κ2) is 6.53. The lowest BCUT2D eigenvalue weighted by Gasteiger charge is -2.19. The molecular formula is C15H19N3O2S. The highest BCUT2D eigenvalue weighted by atomic mass is 32.1. The van der Waals surface area contributed by atoms with E-state index in [1.165, 1.54) is 11.3 Å². The van der Waals surface area contributed by atoms with Crippen molar-refractivity contribution in [3.63, 3.8) is 0 Å². The van der Waals surface area contributed by atoms with Gasteiger partial charge in [0.05, 0.1) is 11.5 Å². The topological polar surface area (TPSA) is 67.6 Å². The van der Waals surface area contributed by atoms with Crippen LogP contribution in [0, 0.1) is 0 Å². The number of amides is 1. The summed E-state index contributed by atoms with van der Waals surface area (Å²) in [5, 5.41) is 1.14. The van der Waals surface area contributed by atoms with Gasteiger partial charge in [0.25, 0.3) is 5.91 Å². The zero-order valence-electron chi connectivity index (χ0n) is 11.8. The fraction of sp³-hybridized carbons (Fsp3) is 0.400. The lowest BCUT2D eigenvalue weighted by molar-refractivity contribution is 0.0956. The lowest BCUT2D eigenvalue weighted by Crippen LogP contribution is -2.31. The Morgan fingerprint density at radius 2 is 2.19 bits per heavy atom. The van der Waals surface area contributed by atoms with Crippen LogP contribution in [0.4, 0.5) is 0 Å². The van der Waals surface area contributed by atoms with Crippen molar-refractivity contribution < 1.29 is 9.53 Å². The first-order chi connectivity index (χ1) is 10.3. The normalized spacial score (nSPS) is 16.8. The molecule has 0 unspecified atom stereocenters. The van der Waals surface area contributed by atoms with E-state index in [-0.39, 0.29) is 5.91 Å². The number of hydrogen-bond acceptors (Lipinski definition) is 5. The number of carbonyl (C=O) groups excluding carboxylic acids is 1. The third kappa shape index (κ3) is 3.08. The zero-order valence-corrected chi connectivity index (χ0v) is 12.6. The molecule has 1 aliphatic rings. The number of ether oxygens (including phenoxy) is 1. The van der Waals surface area contributed by atoms with E-state index in [9.17, 15) is 4.79 Å². The van der Waals surface area contributed by atoms with Crippen LogP contribution in [0.2, 0.25) is 0 Å². The molecule has 0 radical (unpaired) electrons. The number of carbonyl (C=O) groups is 1. The van der Waals surface area contributed by atoms with E-state index in [2.05, 4.69) is 16.4 Å². The highest BCUT2D eigenvalue weighted by molar-refractivity contribution is 7.21. The summed E-state index contributed by atoms with van der Waals surface area (Å²) in [5.41, 5.74) is 3.33. The molecule has 1 amide bonds. The molecule has 2 heterocycles. The average molecular weight is 305 g/mol. The summed E-state index contributed by atoms with van der Waals surface area (Å²) in [5.74, 6) is 5.12. The van der Waals surface area contributed by atoms with Crippen molar-refractivity contribution in [1.29, 1.82) is 0 Å². The molecule has 1 fully saturated rings. The number of nitrogens with two attached hydrogens (primary N) is 1. The summed E-state index contributed by atoms with van der Waals surface area (Å²) in [6.07, 6.45) is 1.03. The van der Waals surface area contributed by atoms with Gasteiger partial charge in [0.1, 0.15) is 0 Å². The van der Waals surface area contributed by atoms with Crippen LogP contribution in [0.3, 0.4) is 0 Å². The highest BCUT2D eigenvalue weighted by Crippen LogP contribution is 2.32. The first kappa shape index (κ1) is 14.5. The Balaban J connectivity index is 1.96. The Labute approximate surface area is 127 Å². The lowest BCUT2D eigenvalue weighted by atomic mass is 10.1. The van der Waals surface area contributed by atoms with E-state index in [1.807, 2.05) is 18.2 Å². The van der Waals surface area contributed by atoms with Crippen LogP contribution in [-0.4, -0.2) is 37.1 Å². The van der Waals surface area contributed by atoms with Gasteiger partial charge in [0, 0.05) is 30.9 Å². The monoisotopic (exact) mass is 305 g/mol. The SMILES string of the molecule is NNC(=O)c1sc2ccccc2c1CN1CCCOCC1. The van der Waals surface area contributed by atoms with E-state index in [0.29, 0.717) is 4.88 Å². The number of nitrogens with zero attached hydrogens (tertiary/aromatic N) is 1. The quantitative estimate of drug-likeness (QED) is 0.515. The van der Waals surface area contributed by atoms with Gasteiger partial charge in [0.2, 0.25) is 0 Å². The second-order valence-corrected chi connectivity index (χ2v) is 6.17.